The van der Waals surface area contributed by atoms with Gasteiger partial charge >= 0.3 is 0 Å². The number of carbonyl (C=O) groups is 1. The molecule has 1 rings (SSSR count). The molecule has 0 aromatic carbocycles. The van der Waals surface area contributed by atoms with Gasteiger partial charge in [0.05, 0.1) is 0 Å². The molecular weight excluding hydrogens is 172 g/mol. The van der Waals surface area contributed by atoms with Crippen molar-refractivity contribution < 1.29 is 4.79 Å². The van der Waals surface area contributed by atoms with Gasteiger partial charge in [-0.05, 0) is 11.6 Å². The first-order valence-electron chi connectivity index (χ1n) is 3.63. The molecule has 1 aromatic rings. The standard InChI is InChI=1S/C6H8N6O/c7-12-10-4-3-8-6(13)5-1-2-9-11-5/h1-2H,3-4H2,(H,8,13)(H,9,11). The number of H-pyrrole nitrogens is 1. The number of hydrogen-bond acceptors (Lipinski definition) is 3. The van der Waals surface area contributed by atoms with Crippen molar-refractivity contribution in [2.45, 2.75) is 0 Å². The molecule has 0 fully saturated rings. The van der Waals surface area contributed by atoms with Gasteiger partial charge in [0.1, 0.15) is 5.69 Å². The van der Waals surface area contributed by atoms with E-state index in [-0.39, 0.29) is 12.5 Å². The molecule has 2 N–H and O–H groups in total. The number of hydrogen-bond donors (Lipinski definition) is 2. The quantitative estimate of drug-likeness (QED) is 0.303. The molecule has 0 aliphatic rings. The van der Waals surface area contributed by atoms with Gasteiger partial charge in [0.15, 0.2) is 0 Å². The Balaban J connectivity index is 2.30. The lowest BCUT2D eigenvalue weighted by Gasteiger charge is -1.98. The zero-order valence-electron chi connectivity index (χ0n) is 6.77. The number of rotatable bonds is 4. The fraction of sp³-hybridized carbons (Fsp3) is 0.333. The minimum absolute atomic E-state index is 0.246. The third-order valence-electron chi connectivity index (χ3n) is 1.31. The monoisotopic (exact) mass is 180 g/mol. The van der Waals surface area contributed by atoms with E-state index in [4.69, 9.17) is 5.53 Å². The van der Waals surface area contributed by atoms with Crippen molar-refractivity contribution in [3.8, 4) is 0 Å². The van der Waals surface area contributed by atoms with Gasteiger partial charge in [0, 0.05) is 24.2 Å². The second kappa shape index (κ2) is 4.78. The Hall–Kier alpha value is -2.01. The van der Waals surface area contributed by atoms with Crippen LogP contribution in [0.1, 0.15) is 10.5 Å². The van der Waals surface area contributed by atoms with Crippen LogP contribution in [0.25, 0.3) is 10.4 Å². The smallest absolute Gasteiger partial charge is 0.269 e. The Morgan fingerprint density at radius 1 is 1.85 bits per heavy atom. The maximum absolute atomic E-state index is 11.2. The van der Waals surface area contributed by atoms with Gasteiger partial charge < -0.3 is 5.32 Å². The number of amides is 1. The van der Waals surface area contributed by atoms with Crippen molar-refractivity contribution in [2.75, 3.05) is 13.1 Å². The zero-order chi connectivity index (χ0) is 9.52. The van der Waals surface area contributed by atoms with Crippen LogP contribution in [-0.4, -0.2) is 29.2 Å². The van der Waals surface area contributed by atoms with Crippen LogP contribution in [0.3, 0.4) is 0 Å². The van der Waals surface area contributed by atoms with Gasteiger partial charge in [-0.3, -0.25) is 9.89 Å². The molecule has 0 aliphatic carbocycles. The van der Waals surface area contributed by atoms with Crippen molar-refractivity contribution in [2.24, 2.45) is 5.11 Å². The van der Waals surface area contributed by atoms with Gasteiger partial charge in [-0.1, -0.05) is 5.11 Å². The number of aromatic nitrogens is 2. The third-order valence-corrected chi connectivity index (χ3v) is 1.31. The fourth-order valence-electron chi connectivity index (χ4n) is 0.742. The predicted molar refractivity (Wildman–Crippen MR) is 44.9 cm³/mol. The summed E-state index contributed by atoms with van der Waals surface area (Å²) in [5.41, 5.74) is 8.33. The topological polar surface area (TPSA) is 107 Å². The van der Waals surface area contributed by atoms with Crippen molar-refractivity contribution in [3.05, 3.63) is 28.4 Å². The Bertz CT molecular complexity index is 312. The minimum Gasteiger partial charge on any atom is -0.351 e. The molecule has 13 heavy (non-hydrogen) atoms. The molecule has 7 nitrogen and oxygen atoms in total. The summed E-state index contributed by atoms with van der Waals surface area (Å²) in [5, 5.41) is 11.9. The molecule has 0 aliphatic heterocycles. The highest BCUT2D eigenvalue weighted by atomic mass is 16.1. The molecule has 0 bridgehead atoms. The average Bonchev–Trinajstić information content (AvgIpc) is 2.65. The maximum Gasteiger partial charge on any atom is 0.269 e. The number of azide groups is 1. The predicted octanol–water partition coefficient (Wildman–Crippen LogP) is 0.450. The highest BCUT2D eigenvalue weighted by molar-refractivity contribution is 5.92. The molecule has 0 saturated carbocycles. The highest BCUT2D eigenvalue weighted by Crippen LogP contribution is 1.89. The maximum atomic E-state index is 11.2. The summed E-state index contributed by atoms with van der Waals surface area (Å²) in [6.45, 7) is 0.568. The molecule has 68 valence electrons. The molecule has 1 amide bonds. The van der Waals surface area contributed by atoms with E-state index in [1.165, 1.54) is 6.20 Å². The molecule has 1 heterocycles. The van der Waals surface area contributed by atoms with Crippen LogP contribution in [0.4, 0.5) is 0 Å². The van der Waals surface area contributed by atoms with E-state index in [1.807, 2.05) is 0 Å². The van der Waals surface area contributed by atoms with Crippen LogP contribution in [0.2, 0.25) is 0 Å². The van der Waals surface area contributed by atoms with Crippen molar-refractivity contribution >= 4 is 5.91 Å². The van der Waals surface area contributed by atoms with E-state index < -0.39 is 0 Å². The molecule has 0 spiro atoms. The van der Waals surface area contributed by atoms with E-state index in [9.17, 15) is 4.79 Å². The molecular formula is C6H8N6O. The van der Waals surface area contributed by atoms with Crippen LogP contribution >= 0.6 is 0 Å². The summed E-state index contributed by atoms with van der Waals surface area (Å²) in [4.78, 5) is 13.7. The largest absolute Gasteiger partial charge is 0.351 e. The average molecular weight is 180 g/mol. The van der Waals surface area contributed by atoms with Crippen molar-refractivity contribution in [1.82, 2.24) is 15.5 Å². The van der Waals surface area contributed by atoms with Crippen LogP contribution in [0, 0.1) is 0 Å². The molecule has 0 atom stereocenters. The van der Waals surface area contributed by atoms with Gasteiger partial charge in [-0.2, -0.15) is 5.10 Å². The first-order valence-corrected chi connectivity index (χ1v) is 3.63. The number of nitrogens with one attached hydrogen (secondary N) is 2. The molecule has 0 saturated heterocycles. The first-order chi connectivity index (χ1) is 6.34. The summed E-state index contributed by atoms with van der Waals surface area (Å²) in [7, 11) is 0. The van der Waals surface area contributed by atoms with Gasteiger partial charge in [0.2, 0.25) is 0 Å². The van der Waals surface area contributed by atoms with Crippen LogP contribution in [0.15, 0.2) is 17.4 Å². The zero-order valence-corrected chi connectivity index (χ0v) is 6.77. The van der Waals surface area contributed by atoms with Crippen LogP contribution in [0.5, 0.6) is 0 Å². The Kier molecular flexibility index (Phi) is 3.34. The number of aromatic amines is 1. The molecule has 1 aromatic heterocycles. The van der Waals surface area contributed by atoms with Crippen molar-refractivity contribution in [1.29, 1.82) is 0 Å². The molecule has 7 heteroatoms. The van der Waals surface area contributed by atoms with E-state index in [0.717, 1.165) is 0 Å². The summed E-state index contributed by atoms with van der Waals surface area (Å²) < 4.78 is 0. The van der Waals surface area contributed by atoms with Crippen molar-refractivity contribution in [3.63, 3.8) is 0 Å². The van der Waals surface area contributed by atoms with Crippen LogP contribution in [-0.2, 0) is 0 Å². The highest BCUT2D eigenvalue weighted by Gasteiger charge is 2.03. The summed E-state index contributed by atoms with van der Waals surface area (Å²) >= 11 is 0. The Morgan fingerprint density at radius 3 is 3.31 bits per heavy atom. The van der Waals surface area contributed by atoms with E-state index in [1.54, 1.807) is 6.07 Å². The second-order valence-corrected chi connectivity index (χ2v) is 2.18. The summed E-state index contributed by atoms with van der Waals surface area (Å²) in [5.74, 6) is -0.259. The second-order valence-electron chi connectivity index (χ2n) is 2.18. The van der Waals surface area contributed by atoms with E-state index >= 15 is 0 Å². The lowest BCUT2D eigenvalue weighted by Crippen LogP contribution is -2.26. The Labute approximate surface area is 73.8 Å². The summed E-state index contributed by atoms with van der Waals surface area (Å²) in [6, 6.07) is 1.56. The first kappa shape index (κ1) is 9.08. The SMILES string of the molecule is [N-]=[N+]=NCCNC(=O)c1ccn[nH]1. The normalized spacial score (nSPS) is 8.92. The number of nitrogens with zero attached hydrogens (tertiary/aromatic N) is 4. The van der Waals surface area contributed by atoms with Gasteiger partial charge in [0.25, 0.3) is 5.91 Å². The van der Waals surface area contributed by atoms with Gasteiger partial charge in [-0.15, -0.1) is 0 Å². The fourth-order valence-corrected chi connectivity index (χ4v) is 0.742. The number of carbonyl (C=O) groups excluding carboxylic acids is 1. The lowest BCUT2D eigenvalue weighted by molar-refractivity contribution is 0.0950. The lowest BCUT2D eigenvalue weighted by atomic mass is 10.4. The van der Waals surface area contributed by atoms with E-state index in [2.05, 4.69) is 25.5 Å². The molecule has 0 radical (unpaired) electrons. The third kappa shape index (κ3) is 2.84. The minimum atomic E-state index is -0.259. The molecule has 0 unspecified atom stereocenters. The Morgan fingerprint density at radius 2 is 2.69 bits per heavy atom. The van der Waals surface area contributed by atoms with Crippen LogP contribution < -0.4 is 5.32 Å². The van der Waals surface area contributed by atoms with Gasteiger partial charge in [-0.25, -0.2) is 0 Å². The van der Waals surface area contributed by atoms with E-state index in [0.29, 0.717) is 12.2 Å². The summed E-state index contributed by atoms with van der Waals surface area (Å²) in [6.07, 6.45) is 1.49.